The lowest BCUT2D eigenvalue weighted by molar-refractivity contribution is 0.113. The fourth-order valence-electron chi connectivity index (χ4n) is 5.51. The maximum atomic E-state index is 14.0. The first-order valence-corrected chi connectivity index (χ1v) is 14.1. The minimum absolute atomic E-state index is 0.0233. The minimum Gasteiger partial charge on any atom is -0.453 e. The third-order valence-electron chi connectivity index (χ3n) is 7.70. The molecule has 41 heavy (non-hydrogen) atoms. The zero-order valence-electron chi connectivity index (χ0n) is 23.7. The molecule has 5 rings (SSSR count). The first-order valence-electron chi connectivity index (χ1n) is 14.1. The average molecular weight is 558 g/mol. The van der Waals surface area contributed by atoms with Crippen LogP contribution in [0.25, 0.3) is 22.2 Å². The smallest absolute Gasteiger partial charge is 0.413 e. The summed E-state index contributed by atoms with van der Waals surface area (Å²) < 4.78 is 18.2. The van der Waals surface area contributed by atoms with Gasteiger partial charge in [-0.1, -0.05) is 37.3 Å². The Labute approximate surface area is 239 Å². The quantitative estimate of drug-likeness (QED) is 0.247. The van der Waals surface area contributed by atoms with Gasteiger partial charge in [0.15, 0.2) is 0 Å². The van der Waals surface area contributed by atoms with Gasteiger partial charge >= 0.3 is 12.1 Å². The van der Waals surface area contributed by atoms with Crippen molar-refractivity contribution in [1.29, 1.82) is 0 Å². The van der Waals surface area contributed by atoms with Crippen molar-refractivity contribution in [2.45, 2.75) is 52.1 Å². The molecule has 0 radical (unpaired) electrons. The molecule has 0 bridgehead atoms. The number of carbonyl (C=O) groups excluding carboxylic acids is 2. The van der Waals surface area contributed by atoms with Gasteiger partial charge in [-0.25, -0.2) is 19.0 Å². The average Bonchev–Trinajstić information content (AvgIpc) is 3.39. The van der Waals surface area contributed by atoms with Crippen molar-refractivity contribution in [2.24, 2.45) is 0 Å². The number of methoxy groups -OCH3 is 1. The van der Waals surface area contributed by atoms with Crippen LogP contribution in [0.5, 0.6) is 0 Å². The Morgan fingerprint density at radius 1 is 1.10 bits per heavy atom. The topological polar surface area (TPSA) is 90.6 Å². The molecule has 0 aliphatic carbocycles. The van der Waals surface area contributed by atoms with Gasteiger partial charge in [0.2, 0.25) is 5.95 Å². The largest absolute Gasteiger partial charge is 0.453 e. The Hall–Kier alpha value is -4.40. The number of hydrogen-bond donors (Lipinski definition) is 2. The van der Waals surface area contributed by atoms with E-state index < -0.39 is 6.09 Å². The summed E-state index contributed by atoms with van der Waals surface area (Å²) in [5.74, 6) is 0.0503. The number of fused-ring (bicyclic) bond motifs is 1. The highest BCUT2D eigenvalue weighted by molar-refractivity contribution is 5.88. The van der Waals surface area contributed by atoms with E-state index in [1.165, 1.54) is 19.2 Å². The Kier molecular flexibility index (Phi) is 8.52. The van der Waals surface area contributed by atoms with Gasteiger partial charge in [-0.15, -0.1) is 0 Å². The highest BCUT2D eigenvalue weighted by Gasteiger charge is 2.31. The van der Waals surface area contributed by atoms with Gasteiger partial charge in [-0.3, -0.25) is 5.32 Å². The molecular formula is C32H36FN5O3. The van der Waals surface area contributed by atoms with Crippen molar-refractivity contribution in [1.82, 2.24) is 19.8 Å². The lowest BCUT2D eigenvalue weighted by atomic mass is 9.95. The second-order valence-corrected chi connectivity index (χ2v) is 10.5. The van der Waals surface area contributed by atoms with Crippen LogP contribution in [0.1, 0.15) is 55.3 Å². The zero-order valence-corrected chi connectivity index (χ0v) is 23.7. The van der Waals surface area contributed by atoms with E-state index in [1.54, 1.807) is 12.1 Å². The number of nitrogens with zero attached hydrogens (tertiary/aromatic N) is 3. The number of likely N-dealkylation sites (tertiary alicyclic amines) is 1. The molecule has 1 saturated heterocycles. The first kappa shape index (κ1) is 28.1. The molecule has 1 atom stereocenters. The summed E-state index contributed by atoms with van der Waals surface area (Å²) >= 11 is 0. The monoisotopic (exact) mass is 557 g/mol. The molecule has 2 N–H and O–H groups in total. The van der Waals surface area contributed by atoms with Crippen LogP contribution in [0.2, 0.25) is 0 Å². The lowest BCUT2D eigenvalue weighted by Gasteiger charge is -2.39. The van der Waals surface area contributed by atoms with E-state index in [1.807, 2.05) is 28.0 Å². The number of anilines is 1. The Morgan fingerprint density at radius 2 is 1.85 bits per heavy atom. The summed E-state index contributed by atoms with van der Waals surface area (Å²) in [6.45, 7) is 5.99. The van der Waals surface area contributed by atoms with E-state index in [9.17, 15) is 14.0 Å². The van der Waals surface area contributed by atoms with E-state index in [0.717, 1.165) is 64.5 Å². The molecule has 4 aromatic rings. The standard InChI is InChI=1S/C32H36FN5O3/c1-4-16-37(32(40)38-17-6-5-7-29(38)22-10-13-26(33)14-11-22)20-25-18-23(9-8-21(25)2)24-12-15-27-28(19-24)35-30(34-27)36-31(39)41-3/h8-15,18-19,29H,4-7,16-17,20H2,1-3H3,(H2,34,35,36,39). The number of nitrogens with one attached hydrogen (secondary N) is 2. The third-order valence-corrected chi connectivity index (χ3v) is 7.70. The van der Waals surface area contributed by atoms with E-state index in [4.69, 9.17) is 0 Å². The summed E-state index contributed by atoms with van der Waals surface area (Å²) in [6.07, 6.45) is 3.13. The number of aromatic amines is 1. The molecular weight excluding hydrogens is 521 g/mol. The van der Waals surface area contributed by atoms with Crippen LogP contribution < -0.4 is 5.32 Å². The fourth-order valence-corrected chi connectivity index (χ4v) is 5.51. The summed E-state index contributed by atoms with van der Waals surface area (Å²) in [5.41, 5.74) is 6.71. The molecule has 9 heteroatoms. The van der Waals surface area contributed by atoms with Crippen molar-refractivity contribution in [2.75, 3.05) is 25.5 Å². The molecule has 3 amide bonds. The van der Waals surface area contributed by atoms with Crippen molar-refractivity contribution < 1.29 is 18.7 Å². The number of piperidine rings is 1. The van der Waals surface area contributed by atoms with Crippen molar-refractivity contribution in [3.05, 3.63) is 83.2 Å². The van der Waals surface area contributed by atoms with Gasteiger partial charge in [0, 0.05) is 19.6 Å². The van der Waals surface area contributed by atoms with Crippen molar-refractivity contribution in [3.8, 4) is 11.1 Å². The predicted octanol–water partition coefficient (Wildman–Crippen LogP) is 7.41. The summed E-state index contributed by atoms with van der Waals surface area (Å²) in [4.78, 5) is 37.0. The normalized spacial score (nSPS) is 15.1. The van der Waals surface area contributed by atoms with E-state index in [-0.39, 0.29) is 17.9 Å². The molecule has 214 valence electrons. The maximum Gasteiger partial charge on any atom is 0.413 e. The number of rotatable bonds is 7. The van der Waals surface area contributed by atoms with Gasteiger partial charge in [0.25, 0.3) is 0 Å². The van der Waals surface area contributed by atoms with E-state index in [2.05, 4.69) is 52.1 Å². The maximum absolute atomic E-state index is 14.0. The van der Waals surface area contributed by atoms with E-state index in [0.29, 0.717) is 25.6 Å². The Morgan fingerprint density at radius 3 is 2.61 bits per heavy atom. The van der Waals surface area contributed by atoms with Gasteiger partial charge in [-0.2, -0.15) is 0 Å². The fraction of sp³-hybridized carbons (Fsp3) is 0.344. The number of halogens is 1. The molecule has 1 fully saturated rings. The number of aryl methyl sites for hydroxylation is 1. The Balaban J connectivity index is 1.39. The second-order valence-electron chi connectivity index (χ2n) is 10.5. The van der Waals surface area contributed by atoms with Crippen LogP contribution in [-0.4, -0.2) is 52.1 Å². The molecule has 1 unspecified atom stereocenters. The molecule has 0 saturated carbocycles. The minimum atomic E-state index is -0.591. The van der Waals surface area contributed by atoms with Gasteiger partial charge in [0.1, 0.15) is 5.82 Å². The number of ether oxygens (including phenoxy) is 1. The molecule has 1 aromatic heterocycles. The SMILES string of the molecule is CCCN(Cc1cc(-c2ccc3nc(NC(=O)OC)[nH]c3c2)ccc1C)C(=O)N1CCCCC1c1ccc(F)cc1. The van der Waals surface area contributed by atoms with Crippen LogP contribution in [0.3, 0.4) is 0 Å². The molecule has 1 aliphatic rings. The lowest BCUT2D eigenvalue weighted by Crippen LogP contribution is -2.47. The number of benzene rings is 3. The predicted molar refractivity (Wildman–Crippen MR) is 158 cm³/mol. The number of carbonyl (C=O) groups is 2. The molecule has 0 spiro atoms. The molecule has 3 aromatic carbocycles. The van der Waals surface area contributed by atoms with Crippen LogP contribution in [0, 0.1) is 12.7 Å². The first-order chi connectivity index (χ1) is 19.9. The number of hydrogen-bond acceptors (Lipinski definition) is 4. The molecule has 2 heterocycles. The van der Waals surface area contributed by atoms with Crippen LogP contribution in [0.4, 0.5) is 19.9 Å². The number of H-pyrrole nitrogens is 1. The van der Waals surface area contributed by atoms with Crippen LogP contribution >= 0.6 is 0 Å². The highest BCUT2D eigenvalue weighted by Crippen LogP contribution is 2.33. The van der Waals surface area contributed by atoms with Crippen molar-refractivity contribution in [3.63, 3.8) is 0 Å². The number of imidazole rings is 1. The van der Waals surface area contributed by atoms with Crippen molar-refractivity contribution >= 4 is 29.1 Å². The van der Waals surface area contributed by atoms with Gasteiger partial charge in [-0.05, 0) is 90.8 Å². The second kappa shape index (κ2) is 12.4. The molecule has 8 nitrogen and oxygen atoms in total. The molecule has 1 aliphatic heterocycles. The van der Waals surface area contributed by atoms with E-state index >= 15 is 0 Å². The third kappa shape index (κ3) is 6.34. The number of amides is 3. The summed E-state index contributed by atoms with van der Waals surface area (Å²) in [5, 5.41) is 2.56. The zero-order chi connectivity index (χ0) is 28.9. The number of aromatic nitrogens is 2. The Bertz CT molecular complexity index is 1530. The number of urea groups is 1. The summed E-state index contributed by atoms with van der Waals surface area (Å²) in [7, 11) is 1.30. The van der Waals surface area contributed by atoms with Gasteiger partial charge < -0.3 is 19.5 Å². The highest BCUT2D eigenvalue weighted by atomic mass is 19.1. The van der Waals surface area contributed by atoms with Crippen LogP contribution in [0.15, 0.2) is 60.7 Å². The van der Waals surface area contributed by atoms with Gasteiger partial charge in [0.05, 0.1) is 24.2 Å². The van der Waals surface area contributed by atoms with Crippen LogP contribution in [-0.2, 0) is 11.3 Å². The summed E-state index contributed by atoms with van der Waals surface area (Å²) in [6, 6.07) is 18.7.